The van der Waals surface area contributed by atoms with Gasteiger partial charge in [-0.15, -0.1) is 0 Å². The number of rotatable bonds is 6. The van der Waals surface area contributed by atoms with E-state index in [1.54, 1.807) is 0 Å². The van der Waals surface area contributed by atoms with Gasteiger partial charge < -0.3 is 9.16 Å². The van der Waals surface area contributed by atoms with Crippen LogP contribution < -0.4 is 10.4 Å². The van der Waals surface area contributed by atoms with Crippen molar-refractivity contribution in [3.63, 3.8) is 0 Å². The molecule has 0 bridgehead atoms. The first kappa shape index (κ1) is 20.8. The zero-order valence-corrected chi connectivity index (χ0v) is 19.0. The van der Waals surface area contributed by atoms with E-state index in [4.69, 9.17) is 9.16 Å². The fraction of sp³-hybridized carbons (Fsp3) is 0.259. The van der Waals surface area contributed by atoms with Crippen LogP contribution in [0.5, 0.6) is 0 Å². The molecule has 0 saturated heterocycles. The van der Waals surface area contributed by atoms with Crippen LogP contribution in [0.3, 0.4) is 0 Å². The lowest BCUT2D eigenvalue weighted by Gasteiger charge is -2.43. The van der Waals surface area contributed by atoms with Gasteiger partial charge in [0.2, 0.25) is 0 Å². The lowest BCUT2D eigenvalue weighted by atomic mass is 10.1. The predicted octanol–water partition coefficient (Wildman–Crippen LogP) is 5.26. The molecule has 0 fully saturated rings. The van der Waals surface area contributed by atoms with Crippen molar-refractivity contribution in [2.45, 2.75) is 38.0 Å². The first-order valence-electron chi connectivity index (χ1n) is 10.6. The first-order valence-corrected chi connectivity index (χ1v) is 12.6. The van der Waals surface area contributed by atoms with Gasteiger partial charge in [0.15, 0.2) is 0 Å². The molecule has 2 nitrogen and oxygen atoms in total. The van der Waals surface area contributed by atoms with Gasteiger partial charge in [0, 0.05) is 0 Å². The third kappa shape index (κ3) is 4.06. The molecule has 0 radical (unpaired) electrons. The Morgan fingerprint density at radius 2 is 1.23 bits per heavy atom. The van der Waals surface area contributed by atoms with E-state index in [1.807, 2.05) is 6.07 Å². The summed E-state index contributed by atoms with van der Waals surface area (Å²) in [6.45, 7) is 7.46. The normalized spacial score (nSPS) is 19.2. The maximum atomic E-state index is 7.00. The third-order valence-corrected chi connectivity index (χ3v) is 10.8. The van der Waals surface area contributed by atoms with Crippen molar-refractivity contribution < 1.29 is 9.16 Å². The molecule has 1 aliphatic rings. The van der Waals surface area contributed by atoms with Crippen LogP contribution in [0, 0.1) is 0 Å². The van der Waals surface area contributed by atoms with Gasteiger partial charge in [0.25, 0.3) is 8.32 Å². The van der Waals surface area contributed by atoms with E-state index in [9.17, 15) is 0 Å². The van der Waals surface area contributed by atoms with Crippen LogP contribution in [-0.2, 0) is 9.16 Å². The van der Waals surface area contributed by atoms with Crippen molar-refractivity contribution in [1.29, 1.82) is 0 Å². The molecule has 30 heavy (non-hydrogen) atoms. The second-order valence-corrected chi connectivity index (χ2v) is 13.2. The van der Waals surface area contributed by atoms with E-state index in [-0.39, 0.29) is 17.2 Å². The maximum Gasteiger partial charge on any atom is 0.261 e. The zero-order chi connectivity index (χ0) is 21.0. The summed E-state index contributed by atoms with van der Waals surface area (Å²) in [5.41, 5.74) is 1.18. The fourth-order valence-corrected chi connectivity index (χ4v) is 8.97. The fourth-order valence-electron chi connectivity index (χ4n) is 4.40. The van der Waals surface area contributed by atoms with Gasteiger partial charge in [-0.3, -0.25) is 0 Å². The topological polar surface area (TPSA) is 18.5 Å². The van der Waals surface area contributed by atoms with E-state index in [2.05, 4.69) is 118 Å². The Hall–Kier alpha value is -2.46. The molecule has 3 heteroatoms. The molecular formula is C27H30O2Si. The summed E-state index contributed by atoms with van der Waals surface area (Å²) in [5.74, 6) is 0. The highest BCUT2D eigenvalue weighted by atomic mass is 28.4. The summed E-state index contributed by atoms with van der Waals surface area (Å²) < 4.78 is 13.3. The monoisotopic (exact) mass is 414 g/mol. The highest BCUT2D eigenvalue weighted by molar-refractivity contribution is 6.99. The summed E-state index contributed by atoms with van der Waals surface area (Å²) in [4.78, 5) is 0. The molecule has 0 aliphatic carbocycles. The second kappa shape index (κ2) is 8.72. The van der Waals surface area contributed by atoms with Crippen molar-refractivity contribution in [2.75, 3.05) is 6.61 Å². The van der Waals surface area contributed by atoms with E-state index in [0.29, 0.717) is 6.61 Å². The lowest BCUT2D eigenvalue weighted by Crippen LogP contribution is -2.67. The molecule has 0 saturated carbocycles. The highest BCUT2D eigenvalue weighted by Gasteiger charge is 2.50. The van der Waals surface area contributed by atoms with Crippen molar-refractivity contribution in [2.24, 2.45) is 0 Å². The van der Waals surface area contributed by atoms with Gasteiger partial charge in [0.05, 0.1) is 12.7 Å². The molecule has 1 aliphatic heterocycles. The zero-order valence-electron chi connectivity index (χ0n) is 18.0. The van der Waals surface area contributed by atoms with Crippen LogP contribution in [-0.4, -0.2) is 21.0 Å². The second-order valence-electron chi connectivity index (χ2n) is 8.86. The largest absolute Gasteiger partial charge is 0.404 e. The quantitative estimate of drug-likeness (QED) is 0.405. The molecule has 3 aromatic carbocycles. The van der Waals surface area contributed by atoms with E-state index in [1.165, 1.54) is 15.9 Å². The van der Waals surface area contributed by atoms with Crippen molar-refractivity contribution in [3.8, 4) is 0 Å². The Bertz CT molecular complexity index is 923. The minimum Gasteiger partial charge on any atom is -0.404 e. The molecule has 154 valence electrons. The standard InChI is InChI=1S/C27H30O2Si/c1-27(2,3)30(24-15-9-5-10-16-24,25-17-11-6-12-18-25)28-21-23-19-20-26(29-23)22-13-7-4-8-14-22/h4-20,23,26H,21H2,1-3H3/t23-,26-/m0/s1. The Morgan fingerprint density at radius 1 is 0.733 bits per heavy atom. The first-order chi connectivity index (χ1) is 14.5. The molecular weight excluding hydrogens is 384 g/mol. The average molecular weight is 415 g/mol. The average Bonchev–Trinajstić information content (AvgIpc) is 3.25. The maximum absolute atomic E-state index is 7.00. The summed E-state index contributed by atoms with van der Waals surface area (Å²) in [5, 5.41) is 2.56. The Labute approximate surface area is 181 Å². The van der Waals surface area contributed by atoms with E-state index in [0.717, 1.165) is 0 Å². The van der Waals surface area contributed by atoms with Crippen LogP contribution >= 0.6 is 0 Å². The summed E-state index contributed by atoms with van der Waals surface area (Å²) >= 11 is 0. The molecule has 0 spiro atoms. The third-order valence-electron chi connectivity index (χ3n) is 5.83. The van der Waals surface area contributed by atoms with Crippen molar-refractivity contribution in [1.82, 2.24) is 0 Å². The molecule has 0 unspecified atom stereocenters. The Morgan fingerprint density at radius 3 is 1.73 bits per heavy atom. The smallest absolute Gasteiger partial charge is 0.261 e. The predicted molar refractivity (Wildman–Crippen MR) is 127 cm³/mol. The minimum atomic E-state index is -2.53. The van der Waals surface area contributed by atoms with Crippen LogP contribution in [0.25, 0.3) is 0 Å². The van der Waals surface area contributed by atoms with Gasteiger partial charge in [-0.1, -0.05) is 124 Å². The lowest BCUT2D eigenvalue weighted by molar-refractivity contribution is 0.0292. The molecule has 1 heterocycles. The molecule has 0 aromatic heterocycles. The van der Waals surface area contributed by atoms with Gasteiger partial charge in [-0.25, -0.2) is 0 Å². The van der Waals surface area contributed by atoms with Crippen LogP contribution in [0.2, 0.25) is 5.04 Å². The van der Waals surface area contributed by atoms with Crippen LogP contribution in [0.15, 0.2) is 103 Å². The minimum absolute atomic E-state index is 0.000969. The molecule has 3 aromatic rings. The van der Waals surface area contributed by atoms with Crippen LogP contribution in [0.1, 0.15) is 32.4 Å². The molecule has 0 N–H and O–H groups in total. The van der Waals surface area contributed by atoms with Gasteiger partial charge in [0.1, 0.15) is 6.10 Å². The number of hydrogen-bond acceptors (Lipinski definition) is 2. The summed E-state index contributed by atoms with van der Waals surface area (Å²) in [7, 11) is -2.53. The molecule has 2 atom stereocenters. The van der Waals surface area contributed by atoms with Gasteiger partial charge in [-0.05, 0) is 21.0 Å². The van der Waals surface area contributed by atoms with Crippen LogP contribution in [0.4, 0.5) is 0 Å². The molecule has 0 amide bonds. The number of hydrogen-bond donors (Lipinski definition) is 0. The van der Waals surface area contributed by atoms with E-state index >= 15 is 0 Å². The SMILES string of the molecule is CC(C)(C)[Si](OC[C@@H]1C=C[C@@H](c2ccccc2)O1)(c1ccccc1)c1ccccc1. The highest BCUT2D eigenvalue weighted by Crippen LogP contribution is 2.37. The Kier molecular flexibility index (Phi) is 6.05. The van der Waals surface area contributed by atoms with Crippen molar-refractivity contribution in [3.05, 3.63) is 109 Å². The number of benzene rings is 3. The number of ether oxygens (including phenoxy) is 1. The van der Waals surface area contributed by atoms with Crippen molar-refractivity contribution >= 4 is 18.7 Å². The summed E-state index contributed by atoms with van der Waals surface area (Å²) in [6.07, 6.45) is 4.25. The molecule has 4 rings (SSSR count). The van der Waals surface area contributed by atoms with Gasteiger partial charge >= 0.3 is 0 Å². The Balaban J connectivity index is 1.62. The van der Waals surface area contributed by atoms with E-state index < -0.39 is 8.32 Å². The van der Waals surface area contributed by atoms with Gasteiger partial charge in [-0.2, -0.15) is 0 Å². The summed E-state index contributed by atoms with van der Waals surface area (Å²) in [6, 6.07) is 31.9.